The van der Waals surface area contributed by atoms with Gasteiger partial charge in [0.2, 0.25) is 4.77 Å². The molecule has 1 saturated heterocycles. The molecule has 106 valence electrons. The predicted octanol–water partition coefficient (Wildman–Crippen LogP) is 2.02. The molecule has 2 heterocycles. The van der Waals surface area contributed by atoms with E-state index in [1.165, 1.54) is 25.9 Å². The van der Waals surface area contributed by atoms with Gasteiger partial charge in [-0.05, 0) is 24.4 Å². The lowest BCUT2D eigenvalue weighted by molar-refractivity contribution is -0.911. The Balaban J connectivity index is 1.94. The number of benzene rings is 1. The lowest BCUT2D eigenvalue weighted by atomic mass is 10.2. The van der Waals surface area contributed by atoms with Crippen LogP contribution in [0.25, 0.3) is 11.4 Å². The second-order valence-corrected chi connectivity index (χ2v) is 6.57. The minimum atomic E-state index is 0.791. The molecule has 0 radical (unpaired) electrons. The Labute approximate surface area is 132 Å². The van der Waals surface area contributed by atoms with E-state index < -0.39 is 0 Å². The fourth-order valence-electron chi connectivity index (χ4n) is 2.71. The molecule has 20 heavy (non-hydrogen) atoms. The molecule has 1 aromatic heterocycles. The van der Waals surface area contributed by atoms with Gasteiger partial charge < -0.3 is 9.47 Å². The number of quaternary nitrogens is 1. The molecule has 0 amide bonds. The maximum atomic E-state index is 5.52. The van der Waals surface area contributed by atoms with Gasteiger partial charge in [0.15, 0.2) is 12.5 Å². The third kappa shape index (κ3) is 2.73. The van der Waals surface area contributed by atoms with Crippen molar-refractivity contribution in [3.63, 3.8) is 0 Å². The fraction of sp³-hybridized carbons (Fsp3) is 0.429. The molecule has 0 atom stereocenters. The summed E-state index contributed by atoms with van der Waals surface area (Å²) in [5.41, 5.74) is 1.09. The summed E-state index contributed by atoms with van der Waals surface area (Å²) in [6.07, 6.45) is 2.63. The number of nitrogens with zero attached hydrogens (tertiary/aromatic N) is 3. The van der Waals surface area contributed by atoms with Crippen molar-refractivity contribution in [1.29, 1.82) is 0 Å². The number of nitrogens with one attached hydrogen (secondary N) is 1. The second kappa shape index (κ2) is 5.79. The third-order valence-corrected chi connectivity index (χ3v) is 4.79. The van der Waals surface area contributed by atoms with Crippen LogP contribution in [-0.2, 0) is 13.7 Å². The Morgan fingerprint density at radius 3 is 2.80 bits per heavy atom. The van der Waals surface area contributed by atoms with Crippen LogP contribution >= 0.6 is 28.1 Å². The minimum absolute atomic E-state index is 0.791. The van der Waals surface area contributed by atoms with Gasteiger partial charge in [0.05, 0.1) is 13.1 Å². The van der Waals surface area contributed by atoms with E-state index >= 15 is 0 Å². The van der Waals surface area contributed by atoms with Crippen LogP contribution in [0, 0.1) is 4.77 Å². The summed E-state index contributed by atoms with van der Waals surface area (Å²) in [4.78, 5) is 1.57. The standard InChI is InChI=1S/C14H17BrN4S/c1-17-13(11-5-4-6-12(15)9-11)16-19(14(17)20)10-18-7-2-3-8-18/h4-6,9H,2-3,7-8,10H2,1H3/p+1. The van der Waals surface area contributed by atoms with Gasteiger partial charge >= 0.3 is 0 Å². The molecule has 1 N–H and O–H groups in total. The van der Waals surface area contributed by atoms with Gasteiger partial charge in [0, 0.05) is 29.9 Å². The number of halogens is 1. The summed E-state index contributed by atoms with van der Waals surface area (Å²) in [7, 11) is 1.99. The SMILES string of the molecule is Cn1c(-c2cccc(Br)c2)nn(C[NH+]2CCCC2)c1=S. The van der Waals surface area contributed by atoms with E-state index in [0.29, 0.717) is 0 Å². The molecule has 0 aliphatic carbocycles. The first-order chi connectivity index (χ1) is 9.65. The van der Waals surface area contributed by atoms with Crippen LogP contribution in [-0.4, -0.2) is 27.4 Å². The summed E-state index contributed by atoms with van der Waals surface area (Å²) in [6, 6.07) is 8.18. The lowest BCUT2D eigenvalue weighted by Gasteiger charge is -2.10. The first-order valence-corrected chi connectivity index (χ1v) is 8.08. The molecular weight excluding hydrogens is 336 g/mol. The molecule has 6 heteroatoms. The monoisotopic (exact) mass is 353 g/mol. The van der Waals surface area contributed by atoms with Gasteiger partial charge in [-0.2, -0.15) is 4.68 Å². The number of hydrogen-bond acceptors (Lipinski definition) is 2. The van der Waals surface area contributed by atoms with Crippen LogP contribution < -0.4 is 4.90 Å². The minimum Gasteiger partial charge on any atom is -0.316 e. The number of aromatic nitrogens is 3. The van der Waals surface area contributed by atoms with Gasteiger partial charge in [-0.25, -0.2) is 0 Å². The fourth-order valence-corrected chi connectivity index (χ4v) is 3.31. The summed E-state index contributed by atoms with van der Waals surface area (Å²) in [6.45, 7) is 3.33. The second-order valence-electron chi connectivity index (χ2n) is 5.29. The maximum absolute atomic E-state index is 5.52. The maximum Gasteiger partial charge on any atom is 0.202 e. The molecule has 1 aliphatic heterocycles. The summed E-state index contributed by atoms with van der Waals surface area (Å²) in [5.74, 6) is 0.926. The first kappa shape index (κ1) is 14.0. The van der Waals surface area contributed by atoms with E-state index in [0.717, 1.165) is 27.3 Å². The zero-order valence-corrected chi connectivity index (χ0v) is 13.9. The zero-order chi connectivity index (χ0) is 14.1. The third-order valence-electron chi connectivity index (χ3n) is 3.81. The normalized spacial score (nSPS) is 15.9. The van der Waals surface area contributed by atoms with Crippen LogP contribution in [0.15, 0.2) is 28.7 Å². The largest absolute Gasteiger partial charge is 0.316 e. The molecule has 3 rings (SSSR count). The molecule has 0 saturated carbocycles. The topological polar surface area (TPSA) is 27.2 Å². The van der Waals surface area contributed by atoms with Gasteiger partial charge in [-0.3, -0.25) is 0 Å². The molecule has 0 bridgehead atoms. The Kier molecular flexibility index (Phi) is 4.05. The van der Waals surface area contributed by atoms with Gasteiger partial charge in [0.1, 0.15) is 0 Å². The average molecular weight is 354 g/mol. The van der Waals surface area contributed by atoms with Crippen molar-refractivity contribution in [1.82, 2.24) is 14.3 Å². The van der Waals surface area contributed by atoms with Crippen LogP contribution in [0.4, 0.5) is 0 Å². The van der Waals surface area contributed by atoms with E-state index in [1.807, 2.05) is 28.4 Å². The molecule has 1 aromatic carbocycles. The quantitative estimate of drug-likeness (QED) is 0.854. The highest BCUT2D eigenvalue weighted by molar-refractivity contribution is 9.10. The molecular formula is C14H18BrN4S+. The van der Waals surface area contributed by atoms with Crippen LogP contribution in [0.3, 0.4) is 0 Å². The summed E-state index contributed by atoms with van der Waals surface area (Å²) in [5, 5.41) is 4.72. The van der Waals surface area contributed by atoms with E-state index in [1.54, 1.807) is 4.90 Å². The van der Waals surface area contributed by atoms with E-state index in [2.05, 4.69) is 28.1 Å². The number of hydrogen-bond donors (Lipinski definition) is 1. The van der Waals surface area contributed by atoms with Crippen molar-refractivity contribution in [3.05, 3.63) is 33.5 Å². The van der Waals surface area contributed by atoms with Crippen molar-refractivity contribution in [2.75, 3.05) is 13.1 Å². The smallest absolute Gasteiger partial charge is 0.202 e. The van der Waals surface area contributed by atoms with Crippen LogP contribution in [0.1, 0.15) is 12.8 Å². The lowest BCUT2D eigenvalue weighted by Crippen LogP contribution is -3.09. The summed E-state index contributed by atoms with van der Waals surface area (Å²) >= 11 is 9.03. The van der Waals surface area contributed by atoms with Crippen LogP contribution in [0.2, 0.25) is 0 Å². The van der Waals surface area contributed by atoms with Crippen molar-refractivity contribution in [2.45, 2.75) is 19.5 Å². The highest BCUT2D eigenvalue weighted by Crippen LogP contribution is 2.21. The Morgan fingerprint density at radius 2 is 2.10 bits per heavy atom. The molecule has 2 aromatic rings. The van der Waals surface area contributed by atoms with E-state index in [-0.39, 0.29) is 0 Å². The summed E-state index contributed by atoms with van der Waals surface area (Å²) < 4.78 is 5.80. The van der Waals surface area contributed by atoms with E-state index in [4.69, 9.17) is 17.3 Å². The average Bonchev–Trinajstić information content (AvgIpc) is 3.03. The van der Waals surface area contributed by atoms with E-state index in [9.17, 15) is 0 Å². The Hall–Kier alpha value is -0.980. The van der Waals surface area contributed by atoms with Gasteiger partial charge in [0.25, 0.3) is 0 Å². The molecule has 0 unspecified atom stereocenters. The van der Waals surface area contributed by atoms with Crippen molar-refractivity contribution >= 4 is 28.1 Å². The number of likely N-dealkylation sites (tertiary alicyclic amines) is 1. The highest BCUT2D eigenvalue weighted by atomic mass is 79.9. The molecule has 0 spiro atoms. The molecule has 4 nitrogen and oxygen atoms in total. The Bertz CT molecular complexity index is 670. The highest BCUT2D eigenvalue weighted by Gasteiger charge is 2.18. The van der Waals surface area contributed by atoms with Gasteiger partial charge in [-0.1, -0.05) is 28.1 Å². The zero-order valence-electron chi connectivity index (χ0n) is 11.5. The molecule has 1 fully saturated rings. The van der Waals surface area contributed by atoms with Crippen molar-refractivity contribution < 1.29 is 4.90 Å². The predicted molar refractivity (Wildman–Crippen MR) is 85.1 cm³/mol. The Morgan fingerprint density at radius 1 is 1.35 bits per heavy atom. The first-order valence-electron chi connectivity index (χ1n) is 6.88. The van der Waals surface area contributed by atoms with Crippen molar-refractivity contribution in [3.8, 4) is 11.4 Å². The van der Waals surface area contributed by atoms with Gasteiger partial charge in [-0.15, -0.1) is 5.10 Å². The molecule has 1 aliphatic rings. The number of rotatable bonds is 3. The van der Waals surface area contributed by atoms with Crippen LogP contribution in [0.5, 0.6) is 0 Å². The van der Waals surface area contributed by atoms with Crippen molar-refractivity contribution in [2.24, 2.45) is 7.05 Å².